The number of rotatable bonds is 4. The van der Waals surface area contributed by atoms with E-state index in [2.05, 4.69) is 15.9 Å². The van der Waals surface area contributed by atoms with Crippen molar-refractivity contribution in [3.8, 4) is 5.75 Å². The molecule has 0 spiro atoms. The summed E-state index contributed by atoms with van der Waals surface area (Å²) in [5, 5.41) is 11.2. The summed E-state index contributed by atoms with van der Waals surface area (Å²) in [7, 11) is 1.62. The van der Waals surface area contributed by atoms with Crippen LogP contribution in [0.4, 0.5) is 0 Å². The van der Waals surface area contributed by atoms with E-state index in [0.29, 0.717) is 16.7 Å². The summed E-state index contributed by atoms with van der Waals surface area (Å²) in [6.07, 6.45) is 7.97. The molecule has 1 fully saturated rings. The summed E-state index contributed by atoms with van der Waals surface area (Å²) in [6.45, 7) is 0. The fourth-order valence-electron chi connectivity index (χ4n) is 3.09. The van der Waals surface area contributed by atoms with Gasteiger partial charge in [-0.3, -0.25) is 0 Å². The van der Waals surface area contributed by atoms with Crippen LogP contribution in [0.1, 0.15) is 56.6 Å². The third-order valence-corrected chi connectivity index (χ3v) is 4.94. The molecule has 1 aromatic rings. The Hall–Kier alpha value is -0.250. The van der Waals surface area contributed by atoms with E-state index < -0.39 is 6.10 Å². The highest BCUT2D eigenvalue weighted by Crippen LogP contribution is 2.39. The van der Waals surface area contributed by atoms with Gasteiger partial charge in [0.05, 0.1) is 17.7 Å². The number of hydrogen-bond acceptors (Lipinski definition) is 2. The van der Waals surface area contributed by atoms with Crippen LogP contribution in [0.5, 0.6) is 5.75 Å². The van der Waals surface area contributed by atoms with Crippen LogP contribution >= 0.6 is 27.5 Å². The molecule has 0 heterocycles. The van der Waals surface area contributed by atoms with E-state index in [9.17, 15) is 5.11 Å². The molecule has 0 amide bonds. The number of hydrogen-bond donors (Lipinski definition) is 1. The Morgan fingerprint density at radius 3 is 2.55 bits per heavy atom. The summed E-state index contributed by atoms with van der Waals surface area (Å²) >= 11 is 9.54. The second-order valence-electron chi connectivity index (χ2n) is 5.62. The molecule has 0 aliphatic heterocycles. The highest BCUT2D eigenvalue weighted by molar-refractivity contribution is 9.10. The zero-order chi connectivity index (χ0) is 14.5. The number of halogens is 2. The molecule has 1 aliphatic carbocycles. The normalized spacial score (nSPS) is 18.6. The first-order valence-corrected chi connectivity index (χ1v) is 8.50. The van der Waals surface area contributed by atoms with Gasteiger partial charge in [0.15, 0.2) is 0 Å². The molecule has 20 heavy (non-hydrogen) atoms. The molecule has 0 bridgehead atoms. The van der Waals surface area contributed by atoms with Gasteiger partial charge in [-0.1, -0.05) is 50.1 Å². The van der Waals surface area contributed by atoms with Crippen LogP contribution < -0.4 is 4.74 Å². The number of aliphatic hydroxyl groups is 1. The molecule has 112 valence electrons. The molecule has 0 aromatic heterocycles. The minimum Gasteiger partial charge on any atom is -0.495 e. The molecule has 2 rings (SSSR count). The molecule has 1 atom stereocenters. The van der Waals surface area contributed by atoms with E-state index in [-0.39, 0.29) is 0 Å². The van der Waals surface area contributed by atoms with Crippen LogP contribution in [0.25, 0.3) is 0 Å². The molecule has 1 aromatic carbocycles. The minimum atomic E-state index is -0.511. The average Bonchev–Trinajstić information content (AvgIpc) is 2.66. The third-order valence-electron chi connectivity index (χ3n) is 4.13. The molecular weight excluding hydrogens is 340 g/mol. The maximum Gasteiger partial charge on any atom is 0.138 e. The summed E-state index contributed by atoms with van der Waals surface area (Å²) in [6, 6.07) is 3.61. The Labute approximate surface area is 134 Å². The maximum atomic E-state index is 10.6. The van der Waals surface area contributed by atoms with Crippen LogP contribution in [0, 0.1) is 5.92 Å². The summed E-state index contributed by atoms with van der Waals surface area (Å²) < 4.78 is 6.19. The standard InChI is InChI=1S/C16H22BrClO2/c1-20-16-13(9-12(18)10-14(16)17)15(19)8-11-6-4-2-3-5-7-11/h9-11,15,19H,2-8H2,1H3. The topological polar surface area (TPSA) is 29.5 Å². The molecule has 0 radical (unpaired) electrons. The maximum absolute atomic E-state index is 10.6. The van der Waals surface area contributed by atoms with Crippen molar-refractivity contribution in [1.29, 1.82) is 0 Å². The minimum absolute atomic E-state index is 0.511. The smallest absolute Gasteiger partial charge is 0.138 e. The van der Waals surface area contributed by atoms with Crippen LogP contribution in [-0.4, -0.2) is 12.2 Å². The van der Waals surface area contributed by atoms with Gasteiger partial charge >= 0.3 is 0 Å². The Balaban J connectivity index is 2.13. The summed E-state index contributed by atoms with van der Waals surface area (Å²) in [4.78, 5) is 0. The Morgan fingerprint density at radius 1 is 1.30 bits per heavy atom. The lowest BCUT2D eigenvalue weighted by atomic mass is 9.91. The number of aliphatic hydroxyl groups excluding tert-OH is 1. The summed E-state index contributed by atoms with van der Waals surface area (Å²) in [5.74, 6) is 1.30. The van der Waals surface area contributed by atoms with Gasteiger partial charge in [-0.15, -0.1) is 0 Å². The van der Waals surface area contributed by atoms with Crippen molar-refractivity contribution < 1.29 is 9.84 Å². The molecule has 4 heteroatoms. The van der Waals surface area contributed by atoms with Gasteiger partial charge in [0, 0.05) is 10.6 Å². The van der Waals surface area contributed by atoms with E-state index in [1.54, 1.807) is 13.2 Å². The third kappa shape index (κ3) is 4.12. The average molecular weight is 362 g/mol. The molecule has 1 unspecified atom stereocenters. The van der Waals surface area contributed by atoms with Crippen LogP contribution in [0.3, 0.4) is 0 Å². The van der Waals surface area contributed by atoms with Crippen LogP contribution in [0.15, 0.2) is 16.6 Å². The number of benzene rings is 1. The second kappa shape index (κ2) is 7.67. The Morgan fingerprint density at radius 2 is 1.95 bits per heavy atom. The molecule has 1 aliphatic rings. The molecule has 0 saturated heterocycles. The first-order valence-electron chi connectivity index (χ1n) is 7.32. The molecular formula is C16H22BrClO2. The van der Waals surface area contributed by atoms with E-state index in [1.807, 2.05) is 6.07 Å². The summed E-state index contributed by atoms with van der Waals surface area (Å²) in [5.41, 5.74) is 0.788. The zero-order valence-corrected chi connectivity index (χ0v) is 14.2. The van der Waals surface area contributed by atoms with Gasteiger partial charge in [-0.25, -0.2) is 0 Å². The molecule has 1 saturated carbocycles. The van der Waals surface area contributed by atoms with Crippen molar-refractivity contribution >= 4 is 27.5 Å². The molecule has 2 nitrogen and oxygen atoms in total. The lowest BCUT2D eigenvalue weighted by Crippen LogP contribution is -2.08. The predicted molar refractivity (Wildman–Crippen MR) is 86.5 cm³/mol. The van der Waals surface area contributed by atoms with Crippen molar-refractivity contribution in [1.82, 2.24) is 0 Å². The van der Waals surface area contributed by atoms with Crippen molar-refractivity contribution in [3.05, 3.63) is 27.2 Å². The Bertz CT molecular complexity index is 442. The Kier molecular flexibility index (Phi) is 6.19. The number of ether oxygens (including phenoxy) is 1. The quantitative estimate of drug-likeness (QED) is 0.717. The van der Waals surface area contributed by atoms with Gasteiger partial charge in [-0.2, -0.15) is 0 Å². The van der Waals surface area contributed by atoms with Crippen LogP contribution in [-0.2, 0) is 0 Å². The fraction of sp³-hybridized carbons (Fsp3) is 0.625. The number of methoxy groups -OCH3 is 1. The second-order valence-corrected chi connectivity index (χ2v) is 6.91. The van der Waals surface area contributed by atoms with Crippen molar-refractivity contribution in [2.75, 3.05) is 7.11 Å². The van der Waals surface area contributed by atoms with Gasteiger partial charge < -0.3 is 9.84 Å². The van der Waals surface area contributed by atoms with Gasteiger partial charge in [0.2, 0.25) is 0 Å². The lowest BCUT2D eigenvalue weighted by Gasteiger charge is -2.21. The van der Waals surface area contributed by atoms with Crippen molar-refractivity contribution in [3.63, 3.8) is 0 Å². The fourth-order valence-corrected chi connectivity index (χ4v) is 4.08. The lowest BCUT2D eigenvalue weighted by molar-refractivity contribution is 0.135. The largest absolute Gasteiger partial charge is 0.495 e. The van der Waals surface area contributed by atoms with Gasteiger partial charge in [0.25, 0.3) is 0 Å². The monoisotopic (exact) mass is 360 g/mol. The van der Waals surface area contributed by atoms with E-state index >= 15 is 0 Å². The van der Waals surface area contributed by atoms with Gasteiger partial charge in [-0.05, 0) is 40.4 Å². The SMILES string of the molecule is COc1c(Br)cc(Cl)cc1C(O)CC1CCCCCC1. The first kappa shape index (κ1) is 16.1. The highest BCUT2D eigenvalue weighted by Gasteiger charge is 2.22. The van der Waals surface area contributed by atoms with E-state index in [1.165, 1.54) is 38.5 Å². The first-order chi connectivity index (χ1) is 9.61. The van der Waals surface area contributed by atoms with E-state index in [0.717, 1.165) is 16.5 Å². The van der Waals surface area contributed by atoms with Crippen molar-refractivity contribution in [2.24, 2.45) is 5.92 Å². The molecule has 1 N–H and O–H groups in total. The zero-order valence-electron chi connectivity index (χ0n) is 11.9. The predicted octanol–water partition coefficient (Wildman–Crippen LogP) is 5.51. The van der Waals surface area contributed by atoms with E-state index in [4.69, 9.17) is 16.3 Å². The van der Waals surface area contributed by atoms with Crippen molar-refractivity contribution in [2.45, 2.75) is 51.0 Å². The van der Waals surface area contributed by atoms with Crippen LogP contribution in [0.2, 0.25) is 5.02 Å². The highest BCUT2D eigenvalue weighted by atomic mass is 79.9. The van der Waals surface area contributed by atoms with Gasteiger partial charge in [0.1, 0.15) is 5.75 Å².